The van der Waals surface area contributed by atoms with Gasteiger partial charge in [-0.15, -0.1) is 11.3 Å². The van der Waals surface area contributed by atoms with E-state index in [1.807, 2.05) is 47.8 Å². The molecule has 1 N–H and O–H groups in total. The maximum atomic E-state index is 11.2. The Morgan fingerprint density at radius 3 is 2.46 bits per heavy atom. The van der Waals surface area contributed by atoms with E-state index in [0.717, 1.165) is 21.8 Å². The number of rotatable bonds is 5. The van der Waals surface area contributed by atoms with E-state index in [0.29, 0.717) is 5.69 Å². The van der Waals surface area contributed by atoms with Gasteiger partial charge in [0.15, 0.2) is 0 Å². The fourth-order valence-electron chi connectivity index (χ4n) is 2.59. The zero-order valence-electron chi connectivity index (χ0n) is 14.2. The number of nitrogens with zero attached hydrogens (tertiary/aromatic N) is 4. The van der Waals surface area contributed by atoms with Crippen molar-refractivity contribution in [1.29, 1.82) is 0 Å². The van der Waals surface area contributed by atoms with Crippen molar-refractivity contribution >= 4 is 40.1 Å². The van der Waals surface area contributed by atoms with E-state index in [2.05, 4.69) is 20.3 Å². The first-order chi connectivity index (χ1) is 13.6. The van der Waals surface area contributed by atoms with E-state index in [-0.39, 0.29) is 16.7 Å². The number of halogens is 1. The first-order valence-corrected chi connectivity index (χ1v) is 9.41. The van der Waals surface area contributed by atoms with Crippen LogP contribution in [0.5, 0.6) is 0 Å². The predicted molar refractivity (Wildman–Crippen MR) is 110 cm³/mol. The molecule has 0 spiro atoms. The quantitative estimate of drug-likeness (QED) is 0.263. The van der Waals surface area contributed by atoms with Crippen molar-refractivity contribution < 1.29 is 4.92 Å². The standard InChI is InChI=1S/C19H12ClN5O2S/c20-17-16(25(26)27)18(22-11-21-17)23-14-8-6-12(7-9-14)15-10-28-19(24-15)13-4-2-1-3-5-13/h1-11H,(H,21,22,23). The Morgan fingerprint density at radius 1 is 1.00 bits per heavy atom. The van der Waals surface area contributed by atoms with Gasteiger partial charge in [-0.3, -0.25) is 10.1 Å². The summed E-state index contributed by atoms with van der Waals surface area (Å²) < 4.78 is 0. The zero-order valence-corrected chi connectivity index (χ0v) is 15.8. The number of thiazole rings is 1. The number of aromatic nitrogens is 3. The molecule has 28 heavy (non-hydrogen) atoms. The van der Waals surface area contributed by atoms with Crippen molar-refractivity contribution in [2.45, 2.75) is 0 Å². The number of nitro groups is 1. The zero-order chi connectivity index (χ0) is 19.5. The molecule has 2 aromatic carbocycles. The minimum absolute atomic E-state index is 0.0396. The molecule has 0 bridgehead atoms. The minimum atomic E-state index is -0.612. The number of benzene rings is 2. The average molecular weight is 410 g/mol. The van der Waals surface area contributed by atoms with Crippen LogP contribution in [0.25, 0.3) is 21.8 Å². The van der Waals surface area contributed by atoms with Crippen LogP contribution >= 0.6 is 22.9 Å². The minimum Gasteiger partial charge on any atom is -0.334 e. The summed E-state index contributed by atoms with van der Waals surface area (Å²) in [6.07, 6.45) is 1.17. The van der Waals surface area contributed by atoms with E-state index >= 15 is 0 Å². The van der Waals surface area contributed by atoms with Crippen molar-refractivity contribution in [3.63, 3.8) is 0 Å². The molecular weight excluding hydrogens is 398 g/mol. The Labute approximate surface area is 168 Å². The van der Waals surface area contributed by atoms with Gasteiger partial charge in [0, 0.05) is 22.2 Å². The summed E-state index contributed by atoms with van der Waals surface area (Å²) in [6.45, 7) is 0. The second-order valence-electron chi connectivity index (χ2n) is 5.73. The Hall–Kier alpha value is -3.36. The molecule has 4 aromatic rings. The van der Waals surface area contributed by atoms with Crippen LogP contribution in [0.3, 0.4) is 0 Å². The van der Waals surface area contributed by atoms with Crippen molar-refractivity contribution in [1.82, 2.24) is 15.0 Å². The predicted octanol–water partition coefficient (Wildman–Crippen LogP) is 5.57. The molecule has 0 amide bonds. The van der Waals surface area contributed by atoms with Gasteiger partial charge in [-0.05, 0) is 12.1 Å². The third kappa shape index (κ3) is 3.68. The molecule has 0 aliphatic heterocycles. The van der Waals surface area contributed by atoms with E-state index in [9.17, 15) is 10.1 Å². The number of nitrogens with one attached hydrogen (secondary N) is 1. The second-order valence-corrected chi connectivity index (χ2v) is 6.94. The first-order valence-electron chi connectivity index (χ1n) is 8.15. The molecule has 7 nitrogen and oxygen atoms in total. The monoisotopic (exact) mass is 409 g/mol. The van der Waals surface area contributed by atoms with Crippen molar-refractivity contribution in [2.75, 3.05) is 5.32 Å². The molecule has 4 rings (SSSR count). The van der Waals surface area contributed by atoms with E-state index in [1.54, 1.807) is 23.5 Å². The maximum Gasteiger partial charge on any atom is 0.348 e. The largest absolute Gasteiger partial charge is 0.348 e. The molecule has 0 unspecified atom stereocenters. The van der Waals surface area contributed by atoms with Crippen molar-refractivity contribution in [3.05, 3.63) is 81.6 Å². The highest BCUT2D eigenvalue weighted by molar-refractivity contribution is 7.13. The average Bonchev–Trinajstić information content (AvgIpc) is 3.19. The van der Waals surface area contributed by atoms with Crippen LogP contribution in [0.1, 0.15) is 0 Å². The lowest BCUT2D eigenvalue weighted by Gasteiger charge is -2.07. The van der Waals surface area contributed by atoms with Crippen LogP contribution in [-0.2, 0) is 0 Å². The molecule has 138 valence electrons. The highest BCUT2D eigenvalue weighted by Crippen LogP contribution is 2.32. The fraction of sp³-hybridized carbons (Fsp3) is 0. The van der Waals surface area contributed by atoms with Gasteiger partial charge >= 0.3 is 5.69 Å². The summed E-state index contributed by atoms with van der Waals surface area (Å²) >= 11 is 7.39. The van der Waals surface area contributed by atoms with Gasteiger partial charge in [0.1, 0.15) is 11.3 Å². The smallest absolute Gasteiger partial charge is 0.334 e. The molecule has 0 fully saturated rings. The highest BCUT2D eigenvalue weighted by atomic mass is 35.5. The fourth-order valence-corrected chi connectivity index (χ4v) is 3.63. The Balaban J connectivity index is 1.57. The summed E-state index contributed by atoms with van der Waals surface area (Å²) in [5.74, 6) is 0.0396. The van der Waals surface area contributed by atoms with Gasteiger partial charge in [-0.2, -0.15) is 0 Å². The van der Waals surface area contributed by atoms with Gasteiger partial charge in [-0.25, -0.2) is 15.0 Å². The van der Waals surface area contributed by atoms with Crippen molar-refractivity contribution in [2.24, 2.45) is 0 Å². The van der Waals surface area contributed by atoms with Gasteiger partial charge < -0.3 is 5.32 Å². The van der Waals surface area contributed by atoms with E-state index in [1.165, 1.54) is 6.33 Å². The normalized spacial score (nSPS) is 10.6. The molecular formula is C19H12ClN5O2S. The molecule has 0 radical (unpaired) electrons. The summed E-state index contributed by atoms with van der Waals surface area (Å²) in [7, 11) is 0. The highest BCUT2D eigenvalue weighted by Gasteiger charge is 2.21. The Morgan fingerprint density at radius 2 is 1.75 bits per heavy atom. The van der Waals surface area contributed by atoms with Gasteiger partial charge in [0.2, 0.25) is 11.0 Å². The topological polar surface area (TPSA) is 93.8 Å². The molecule has 2 heterocycles. The lowest BCUT2D eigenvalue weighted by molar-refractivity contribution is -0.384. The molecule has 0 aliphatic rings. The van der Waals surface area contributed by atoms with Crippen LogP contribution < -0.4 is 5.32 Å². The Kier molecular flexibility index (Phi) is 4.96. The van der Waals surface area contributed by atoms with Crippen LogP contribution in [0.15, 0.2) is 66.3 Å². The van der Waals surface area contributed by atoms with Crippen LogP contribution in [-0.4, -0.2) is 19.9 Å². The summed E-state index contributed by atoms with van der Waals surface area (Å²) in [5, 5.41) is 16.8. The molecule has 2 aromatic heterocycles. The van der Waals surface area contributed by atoms with Gasteiger partial charge in [0.25, 0.3) is 0 Å². The third-order valence-corrected chi connectivity index (χ3v) is 5.10. The lowest BCUT2D eigenvalue weighted by Crippen LogP contribution is -2.01. The number of hydrogen-bond donors (Lipinski definition) is 1. The Bertz CT molecular complexity index is 1130. The van der Waals surface area contributed by atoms with Crippen LogP contribution in [0.2, 0.25) is 5.15 Å². The lowest BCUT2D eigenvalue weighted by atomic mass is 10.1. The summed E-state index contributed by atoms with van der Waals surface area (Å²) in [6, 6.07) is 17.4. The second kappa shape index (κ2) is 7.71. The molecule has 0 atom stereocenters. The first kappa shape index (κ1) is 18.0. The molecule has 0 saturated carbocycles. The van der Waals surface area contributed by atoms with E-state index in [4.69, 9.17) is 11.6 Å². The van der Waals surface area contributed by atoms with Crippen LogP contribution in [0, 0.1) is 10.1 Å². The van der Waals surface area contributed by atoms with Gasteiger partial charge in [0.05, 0.1) is 10.6 Å². The summed E-state index contributed by atoms with van der Waals surface area (Å²) in [4.78, 5) is 22.8. The summed E-state index contributed by atoms with van der Waals surface area (Å²) in [5.41, 5.74) is 3.16. The van der Waals surface area contributed by atoms with Gasteiger partial charge in [-0.1, -0.05) is 54.1 Å². The third-order valence-electron chi connectivity index (χ3n) is 3.93. The SMILES string of the molecule is O=[N+]([O-])c1c(Cl)ncnc1Nc1ccc(-c2csc(-c3ccccc3)n2)cc1. The van der Waals surface area contributed by atoms with Crippen molar-refractivity contribution in [3.8, 4) is 21.8 Å². The molecule has 0 saturated heterocycles. The number of hydrogen-bond acceptors (Lipinski definition) is 7. The molecule has 9 heteroatoms. The maximum absolute atomic E-state index is 11.2. The van der Waals surface area contributed by atoms with E-state index < -0.39 is 4.92 Å². The number of anilines is 2. The molecule has 0 aliphatic carbocycles. The van der Waals surface area contributed by atoms with Crippen LogP contribution in [0.4, 0.5) is 17.2 Å².